The minimum atomic E-state index is -4.50. The quantitative estimate of drug-likeness (QED) is 0.696. The lowest BCUT2D eigenvalue weighted by molar-refractivity contribution is -0.137. The van der Waals surface area contributed by atoms with Gasteiger partial charge in [-0.1, -0.05) is 29.3 Å². The summed E-state index contributed by atoms with van der Waals surface area (Å²) in [5.41, 5.74) is -0.0679. The number of hydrogen-bond acceptors (Lipinski definition) is 2. The average Bonchev–Trinajstić information content (AvgIpc) is 3.10. The number of nitrogens with one attached hydrogen (secondary N) is 1. The van der Waals surface area contributed by atoms with Crippen molar-refractivity contribution in [2.45, 2.75) is 19.0 Å². The van der Waals surface area contributed by atoms with Crippen molar-refractivity contribution in [3.8, 4) is 0 Å². The predicted molar refractivity (Wildman–Crippen MR) is 97.3 cm³/mol. The molecule has 1 aliphatic heterocycles. The fourth-order valence-electron chi connectivity index (χ4n) is 2.92. The SMILES string of the molecule is O=C(Nc1cc(C(F)(F)F)ccc1N1CCCC1)c1cccc(Cl)c1Cl. The van der Waals surface area contributed by atoms with Gasteiger partial charge in [0.05, 0.1) is 32.5 Å². The summed E-state index contributed by atoms with van der Waals surface area (Å²) in [6.07, 6.45) is -2.60. The Hall–Kier alpha value is -1.92. The highest BCUT2D eigenvalue weighted by molar-refractivity contribution is 6.44. The average molecular weight is 403 g/mol. The van der Waals surface area contributed by atoms with Crippen molar-refractivity contribution in [3.63, 3.8) is 0 Å². The van der Waals surface area contributed by atoms with Crippen LogP contribution in [0.15, 0.2) is 36.4 Å². The number of halogens is 5. The normalized spacial score (nSPS) is 14.6. The molecule has 0 aromatic heterocycles. The number of benzene rings is 2. The van der Waals surface area contributed by atoms with Gasteiger partial charge in [0.1, 0.15) is 0 Å². The van der Waals surface area contributed by atoms with Crippen LogP contribution in [0.3, 0.4) is 0 Å². The standard InChI is InChI=1S/C18H15Cl2F3N2O/c19-13-5-3-4-12(16(13)20)17(26)24-14-10-11(18(21,22)23)6-7-15(14)25-8-1-2-9-25/h3-7,10H,1-2,8-9H2,(H,24,26). The van der Waals surface area contributed by atoms with Crippen molar-refractivity contribution in [1.82, 2.24) is 0 Å². The summed E-state index contributed by atoms with van der Waals surface area (Å²) in [6.45, 7) is 1.46. The second-order valence-corrected chi connectivity index (χ2v) is 6.76. The van der Waals surface area contributed by atoms with Gasteiger partial charge in [-0.15, -0.1) is 0 Å². The molecule has 0 saturated carbocycles. The van der Waals surface area contributed by atoms with E-state index >= 15 is 0 Å². The van der Waals surface area contributed by atoms with Gasteiger partial charge in [0.2, 0.25) is 0 Å². The molecule has 8 heteroatoms. The van der Waals surface area contributed by atoms with E-state index in [-0.39, 0.29) is 21.3 Å². The molecule has 0 radical (unpaired) electrons. The number of carbonyl (C=O) groups excluding carboxylic acids is 1. The van der Waals surface area contributed by atoms with Gasteiger partial charge in [-0.05, 0) is 43.2 Å². The Kier molecular flexibility index (Phi) is 5.34. The third-order valence-corrected chi connectivity index (χ3v) is 5.03. The topological polar surface area (TPSA) is 32.3 Å². The Morgan fingerprint density at radius 1 is 1.08 bits per heavy atom. The van der Waals surface area contributed by atoms with E-state index in [1.807, 2.05) is 4.90 Å². The molecule has 26 heavy (non-hydrogen) atoms. The summed E-state index contributed by atoms with van der Waals surface area (Å²) in [7, 11) is 0. The molecule has 0 atom stereocenters. The molecule has 0 spiro atoms. The van der Waals surface area contributed by atoms with Crippen LogP contribution in [-0.2, 0) is 6.18 Å². The van der Waals surface area contributed by atoms with Gasteiger partial charge >= 0.3 is 6.18 Å². The molecular weight excluding hydrogens is 388 g/mol. The lowest BCUT2D eigenvalue weighted by Gasteiger charge is -2.23. The van der Waals surface area contributed by atoms with E-state index in [1.165, 1.54) is 18.2 Å². The van der Waals surface area contributed by atoms with Crippen molar-refractivity contribution in [2.75, 3.05) is 23.3 Å². The molecule has 1 amide bonds. The van der Waals surface area contributed by atoms with Crippen molar-refractivity contribution in [2.24, 2.45) is 0 Å². The minimum Gasteiger partial charge on any atom is -0.370 e. The maximum atomic E-state index is 13.1. The number of nitrogens with zero attached hydrogens (tertiary/aromatic N) is 1. The molecule has 0 bridgehead atoms. The van der Waals surface area contributed by atoms with Gasteiger partial charge in [-0.25, -0.2) is 0 Å². The Bertz CT molecular complexity index is 834. The summed E-state index contributed by atoms with van der Waals surface area (Å²) < 4.78 is 39.3. The number of alkyl halides is 3. The highest BCUT2D eigenvalue weighted by Gasteiger charge is 2.32. The second kappa shape index (κ2) is 7.37. The van der Waals surface area contributed by atoms with Gasteiger partial charge < -0.3 is 10.2 Å². The number of hydrogen-bond donors (Lipinski definition) is 1. The van der Waals surface area contributed by atoms with Crippen molar-refractivity contribution in [3.05, 3.63) is 57.6 Å². The number of anilines is 2. The third kappa shape index (κ3) is 3.91. The number of rotatable bonds is 3. The van der Waals surface area contributed by atoms with Crippen LogP contribution in [0.5, 0.6) is 0 Å². The van der Waals surface area contributed by atoms with Crippen LogP contribution in [0.2, 0.25) is 10.0 Å². The van der Waals surface area contributed by atoms with Gasteiger partial charge in [0.15, 0.2) is 0 Å². The van der Waals surface area contributed by atoms with E-state index in [1.54, 1.807) is 6.07 Å². The Morgan fingerprint density at radius 2 is 1.77 bits per heavy atom. The lowest BCUT2D eigenvalue weighted by Crippen LogP contribution is -2.22. The molecule has 138 valence electrons. The summed E-state index contributed by atoms with van der Waals surface area (Å²) >= 11 is 12.0. The first-order valence-corrected chi connectivity index (χ1v) is 8.74. The molecule has 1 heterocycles. The molecule has 2 aromatic carbocycles. The van der Waals surface area contributed by atoms with Crippen LogP contribution in [0.25, 0.3) is 0 Å². The maximum absolute atomic E-state index is 13.1. The van der Waals surface area contributed by atoms with Crippen LogP contribution >= 0.6 is 23.2 Å². The van der Waals surface area contributed by atoms with E-state index in [2.05, 4.69) is 5.32 Å². The monoisotopic (exact) mass is 402 g/mol. The summed E-state index contributed by atoms with van der Waals surface area (Å²) in [4.78, 5) is 14.5. The first-order valence-electron chi connectivity index (χ1n) is 7.99. The Labute approximate surface area is 158 Å². The van der Waals surface area contributed by atoms with E-state index in [0.29, 0.717) is 5.69 Å². The Balaban J connectivity index is 1.98. The molecule has 1 N–H and O–H groups in total. The lowest BCUT2D eigenvalue weighted by atomic mass is 10.1. The molecule has 1 fully saturated rings. The smallest absolute Gasteiger partial charge is 0.370 e. The van der Waals surface area contributed by atoms with E-state index in [9.17, 15) is 18.0 Å². The molecule has 2 aromatic rings. The van der Waals surface area contributed by atoms with Crippen LogP contribution in [0.1, 0.15) is 28.8 Å². The molecule has 0 unspecified atom stereocenters. The first-order chi connectivity index (χ1) is 12.3. The molecular formula is C18H15Cl2F3N2O. The van der Waals surface area contributed by atoms with Gasteiger partial charge in [-0.3, -0.25) is 4.79 Å². The summed E-state index contributed by atoms with van der Waals surface area (Å²) in [6, 6.07) is 7.91. The fraction of sp³-hybridized carbons (Fsp3) is 0.278. The van der Waals surface area contributed by atoms with E-state index in [4.69, 9.17) is 23.2 Å². The van der Waals surface area contributed by atoms with Crippen molar-refractivity contribution in [1.29, 1.82) is 0 Å². The summed E-state index contributed by atoms with van der Waals surface area (Å²) in [5, 5.41) is 2.81. The van der Waals surface area contributed by atoms with Crippen LogP contribution in [-0.4, -0.2) is 19.0 Å². The number of amides is 1. The van der Waals surface area contributed by atoms with E-state index < -0.39 is 17.6 Å². The summed E-state index contributed by atoms with van der Waals surface area (Å²) in [5.74, 6) is -0.614. The molecule has 1 aliphatic rings. The zero-order chi connectivity index (χ0) is 18.9. The minimum absolute atomic E-state index is 0.0568. The second-order valence-electron chi connectivity index (χ2n) is 5.98. The van der Waals surface area contributed by atoms with Gasteiger partial charge in [-0.2, -0.15) is 13.2 Å². The molecule has 1 saturated heterocycles. The van der Waals surface area contributed by atoms with Crippen LogP contribution in [0.4, 0.5) is 24.5 Å². The first kappa shape index (κ1) is 18.9. The maximum Gasteiger partial charge on any atom is 0.416 e. The highest BCUT2D eigenvalue weighted by atomic mass is 35.5. The molecule has 0 aliphatic carbocycles. The third-order valence-electron chi connectivity index (χ3n) is 4.22. The van der Waals surface area contributed by atoms with E-state index in [0.717, 1.165) is 38.1 Å². The zero-order valence-electron chi connectivity index (χ0n) is 13.5. The van der Waals surface area contributed by atoms with Crippen molar-refractivity contribution >= 4 is 40.5 Å². The zero-order valence-corrected chi connectivity index (χ0v) is 15.0. The predicted octanol–water partition coefficient (Wildman–Crippen LogP) is 5.86. The van der Waals surface area contributed by atoms with Gasteiger partial charge in [0.25, 0.3) is 5.91 Å². The largest absolute Gasteiger partial charge is 0.416 e. The van der Waals surface area contributed by atoms with Crippen molar-refractivity contribution < 1.29 is 18.0 Å². The molecule has 3 nitrogen and oxygen atoms in total. The van der Waals surface area contributed by atoms with Crippen LogP contribution < -0.4 is 10.2 Å². The highest BCUT2D eigenvalue weighted by Crippen LogP contribution is 2.37. The number of carbonyl (C=O) groups is 1. The Morgan fingerprint density at radius 3 is 2.42 bits per heavy atom. The fourth-order valence-corrected chi connectivity index (χ4v) is 3.30. The molecule has 3 rings (SSSR count). The van der Waals surface area contributed by atoms with Crippen LogP contribution in [0, 0.1) is 0 Å². The van der Waals surface area contributed by atoms with Gasteiger partial charge in [0, 0.05) is 13.1 Å².